The summed E-state index contributed by atoms with van der Waals surface area (Å²) in [5, 5.41) is 9.22. The van der Waals surface area contributed by atoms with E-state index in [0.29, 0.717) is 52.7 Å². The van der Waals surface area contributed by atoms with Crippen LogP contribution in [0.4, 0.5) is 0 Å². The van der Waals surface area contributed by atoms with Gasteiger partial charge in [0.15, 0.2) is 45.9 Å². The van der Waals surface area contributed by atoms with Gasteiger partial charge in [0, 0.05) is 12.1 Å². The Kier molecular flexibility index (Phi) is 5.25. The molecule has 0 saturated heterocycles. The molecule has 9 heteroatoms. The Hall–Kier alpha value is -3.46. The van der Waals surface area contributed by atoms with Crippen molar-refractivity contribution in [2.75, 3.05) is 19.2 Å². The molecular formula is C22H19N3O5S. The van der Waals surface area contributed by atoms with Crippen LogP contribution in [0.3, 0.4) is 0 Å². The SMILES string of the molecule is C=CCn1c(SCC(=O)c2ccc3c(c2)OCO3)nnc1[C@H]1COc2ccccc2O1. The van der Waals surface area contributed by atoms with Crippen LogP contribution in [0.2, 0.25) is 0 Å². The van der Waals surface area contributed by atoms with Gasteiger partial charge in [-0.05, 0) is 30.3 Å². The lowest BCUT2D eigenvalue weighted by Gasteiger charge is -2.26. The van der Waals surface area contributed by atoms with Crippen molar-refractivity contribution in [3.05, 3.63) is 66.5 Å². The molecule has 0 fully saturated rings. The number of fused-ring (bicyclic) bond motifs is 2. The topological polar surface area (TPSA) is 84.7 Å². The molecule has 0 N–H and O–H groups in total. The third kappa shape index (κ3) is 3.84. The fourth-order valence-electron chi connectivity index (χ4n) is 3.38. The minimum absolute atomic E-state index is 0.0378. The summed E-state index contributed by atoms with van der Waals surface area (Å²) < 4.78 is 24.4. The van der Waals surface area contributed by atoms with Crippen LogP contribution in [0.1, 0.15) is 22.3 Å². The summed E-state index contributed by atoms with van der Waals surface area (Å²) in [4.78, 5) is 12.7. The molecule has 1 atom stereocenters. The first-order valence-electron chi connectivity index (χ1n) is 9.71. The zero-order valence-corrected chi connectivity index (χ0v) is 17.3. The number of ether oxygens (including phenoxy) is 4. The number of carbonyl (C=O) groups excluding carboxylic acids is 1. The van der Waals surface area contributed by atoms with Crippen LogP contribution in [0.25, 0.3) is 0 Å². The van der Waals surface area contributed by atoms with E-state index in [-0.39, 0.29) is 18.3 Å². The molecule has 158 valence electrons. The molecule has 0 spiro atoms. The maximum Gasteiger partial charge on any atom is 0.231 e. The second-order valence-corrected chi connectivity index (χ2v) is 7.83. The number of hydrogen-bond donors (Lipinski definition) is 0. The fourth-order valence-corrected chi connectivity index (χ4v) is 4.23. The zero-order chi connectivity index (χ0) is 21.2. The van der Waals surface area contributed by atoms with Crippen LogP contribution < -0.4 is 18.9 Å². The first kappa shape index (κ1) is 19.5. The maximum absolute atomic E-state index is 12.7. The number of thioether (sulfide) groups is 1. The lowest BCUT2D eigenvalue weighted by atomic mass is 10.1. The number of para-hydroxylation sites is 2. The molecule has 2 aliphatic rings. The Labute approximate surface area is 182 Å². The second-order valence-electron chi connectivity index (χ2n) is 6.88. The van der Waals surface area contributed by atoms with Crippen LogP contribution in [0, 0.1) is 0 Å². The van der Waals surface area contributed by atoms with Gasteiger partial charge in [-0.2, -0.15) is 0 Å². The van der Waals surface area contributed by atoms with Gasteiger partial charge in [-0.15, -0.1) is 16.8 Å². The van der Waals surface area contributed by atoms with Gasteiger partial charge in [0.25, 0.3) is 0 Å². The summed E-state index contributed by atoms with van der Waals surface area (Å²) in [6.45, 7) is 4.81. The lowest BCUT2D eigenvalue weighted by Crippen LogP contribution is -2.25. The predicted octanol–water partition coefficient (Wildman–Crippen LogP) is 3.68. The molecule has 0 bridgehead atoms. The highest BCUT2D eigenvalue weighted by Gasteiger charge is 2.28. The van der Waals surface area contributed by atoms with E-state index in [9.17, 15) is 4.79 Å². The number of carbonyl (C=O) groups is 1. The average molecular weight is 437 g/mol. The molecule has 2 aliphatic heterocycles. The number of Topliss-reactive ketones (excluding diaryl/α,β-unsaturated/α-hetero) is 1. The quantitative estimate of drug-likeness (QED) is 0.314. The average Bonchev–Trinajstić information content (AvgIpc) is 3.44. The predicted molar refractivity (Wildman–Crippen MR) is 113 cm³/mol. The Morgan fingerprint density at radius 1 is 1.10 bits per heavy atom. The van der Waals surface area contributed by atoms with Crippen LogP contribution >= 0.6 is 11.8 Å². The van der Waals surface area contributed by atoms with Gasteiger partial charge < -0.3 is 18.9 Å². The van der Waals surface area contributed by atoms with Gasteiger partial charge in [0.05, 0.1) is 5.75 Å². The summed E-state index contributed by atoms with van der Waals surface area (Å²) in [5.41, 5.74) is 0.562. The van der Waals surface area contributed by atoms with E-state index in [1.165, 1.54) is 11.8 Å². The number of hydrogen-bond acceptors (Lipinski definition) is 8. The van der Waals surface area contributed by atoms with E-state index < -0.39 is 6.10 Å². The number of aromatic nitrogens is 3. The molecule has 2 aromatic carbocycles. The first-order chi connectivity index (χ1) is 15.2. The number of rotatable bonds is 7. The molecule has 31 heavy (non-hydrogen) atoms. The van der Waals surface area contributed by atoms with E-state index in [1.807, 2.05) is 28.8 Å². The van der Waals surface area contributed by atoms with E-state index in [0.717, 1.165) is 0 Å². The Bertz CT molecular complexity index is 1150. The van der Waals surface area contributed by atoms with Crippen molar-refractivity contribution in [3.8, 4) is 23.0 Å². The Morgan fingerprint density at radius 2 is 1.90 bits per heavy atom. The maximum atomic E-state index is 12.7. The van der Waals surface area contributed by atoms with Crippen LogP contribution in [-0.4, -0.2) is 39.7 Å². The van der Waals surface area contributed by atoms with E-state index in [1.54, 1.807) is 24.3 Å². The fraction of sp³-hybridized carbons (Fsp3) is 0.227. The summed E-state index contributed by atoms with van der Waals surface area (Å²) in [5.74, 6) is 3.41. The molecule has 3 heterocycles. The minimum atomic E-state index is -0.402. The smallest absolute Gasteiger partial charge is 0.231 e. The molecule has 0 amide bonds. The summed E-state index contributed by atoms with van der Waals surface area (Å²) in [7, 11) is 0. The second kappa shape index (κ2) is 8.35. The van der Waals surface area contributed by atoms with Crippen molar-refractivity contribution in [1.82, 2.24) is 14.8 Å². The van der Waals surface area contributed by atoms with E-state index >= 15 is 0 Å². The van der Waals surface area contributed by atoms with Crippen molar-refractivity contribution in [2.45, 2.75) is 17.8 Å². The van der Waals surface area contributed by atoms with Crippen molar-refractivity contribution in [3.63, 3.8) is 0 Å². The van der Waals surface area contributed by atoms with Gasteiger partial charge in [0.2, 0.25) is 6.79 Å². The van der Waals surface area contributed by atoms with Gasteiger partial charge in [-0.3, -0.25) is 9.36 Å². The Morgan fingerprint density at radius 3 is 2.77 bits per heavy atom. The van der Waals surface area contributed by atoms with Crippen molar-refractivity contribution in [1.29, 1.82) is 0 Å². The van der Waals surface area contributed by atoms with Gasteiger partial charge in [0.1, 0.15) is 6.61 Å². The van der Waals surface area contributed by atoms with Gasteiger partial charge in [-0.1, -0.05) is 30.0 Å². The summed E-state index contributed by atoms with van der Waals surface area (Å²) in [6.07, 6.45) is 1.36. The van der Waals surface area contributed by atoms with E-state index in [4.69, 9.17) is 18.9 Å². The molecule has 0 aliphatic carbocycles. The highest BCUT2D eigenvalue weighted by atomic mass is 32.2. The molecule has 5 rings (SSSR count). The highest BCUT2D eigenvalue weighted by molar-refractivity contribution is 7.99. The van der Waals surface area contributed by atoms with Gasteiger partial charge in [-0.25, -0.2) is 0 Å². The molecule has 1 aromatic heterocycles. The Balaban J connectivity index is 1.31. The summed E-state index contributed by atoms with van der Waals surface area (Å²) >= 11 is 1.32. The van der Waals surface area contributed by atoms with Crippen molar-refractivity contribution >= 4 is 17.5 Å². The molecular weight excluding hydrogens is 418 g/mol. The monoisotopic (exact) mass is 437 g/mol. The largest absolute Gasteiger partial charge is 0.485 e. The standard InChI is InChI=1S/C22H19N3O5S/c1-2-9-25-21(20-11-27-16-5-3-4-6-18(16)30-20)23-24-22(25)31-12-15(26)14-7-8-17-19(10-14)29-13-28-17/h2-8,10,20H,1,9,11-13H2/t20-/m1/s1. The number of allylic oxidation sites excluding steroid dienone is 1. The van der Waals surface area contributed by atoms with Crippen molar-refractivity contribution in [2.24, 2.45) is 0 Å². The van der Waals surface area contributed by atoms with Gasteiger partial charge >= 0.3 is 0 Å². The lowest BCUT2D eigenvalue weighted by molar-refractivity contribution is 0.0821. The van der Waals surface area contributed by atoms with Crippen LogP contribution in [0.15, 0.2) is 60.3 Å². The first-order valence-corrected chi connectivity index (χ1v) is 10.7. The molecule has 0 unspecified atom stereocenters. The number of ketones is 1. The molecule has 3 aromatic rings. The molecule has 0 saturated carbocycles. The number of nitrogens with zero attached hydrogens (tertiary/aromatic N) is 3. The molecule has 8 nitrogen and oxygen atoms in total. The molecule has 0 radical (unpaired) electrons. The van der Waals surface area contributed by atoms with Crippen molar-refractivity contribution < 1.29 is 23.7 Å². The third-order valence-corrected chi connectivity index (χ3v) is 5.85. The number of benzene rings is 2. The normalized spacial score (nSPS) is 16.2. The van der Waals surface area contributed by atoms with Crippen LogP contribution in [0.5, 0.6) is 23.0 Å². The minimum Gasteiger partial charge on any atom is -0.485 e. The zero-order valence-electron chi connectivity index (χ0n) is 16.5. The van der Waals surface area contributed by atoms with Crippen LogP contribution in [-0.2, 0) is 6.54 Å². The summed E-state index contributed by atoms with van der Waals surface area (Å²) in [6, 6.07) is 12.7. The highest BCUT2D eigenvalue weighted by Crippen LogP contribution is 2.36. The van der Waals surface area contributed by atoms with E-state index in [2.05, 4.69) is 16.8 Å². The third-order valence-electron chi connectivity index (χ3n) is 4.88.